The maximum Gasteiger partial charge on any atom is 0.274 e. The summed E-state index contributed by atoms with van der Waals surface area (Å²) in [7, 11) is 1.56. The molecular weight excluding hydrogens is 454 g/mol. The van der Waals surface area contributed by atoms with Crippen molar-refractivity contribution in [3.05, 3.63) is 70.4 Å². The number of rotatable bonds is 4. The highest BCUT2D eigenvalue weighted by Crippen LogP contribution is 2.36. The maximum atomic E-state index is 14.8. The van der Waals surface area contributed by atoms with Crippen LogP contribution in [-0.2, 0) is 11.8 Å². The molecule has 2 fully saturated rings. The highest BCUT2D eigenvalue weighted by Gasteiger charge is 2.31. The third-order valence-electron chi connectivity index (χ3n) is 6.61. The number of benzene rings is 1. The normalized spacial score (nSPS) is 20.5. The molecule has 2 atom stereocenters. The molecule has 4 aromatic rings. The molecule has 0 spiro atoms. The zero-order valence-corrected chi connectivity index (χ0v) is 19.4. The van der Waals surface area contributed by atoms with Crippen LogP contribution in [0.1, 0.15) is 37.5 Å². The number of hydrogen-bond donors (Lipinski definition) is 0. The lowest BCUT2D eigenvalue weighted by atomic mass is 10.0. The van der Waals surface area contributed by atoms with Gasteiger partial charge in [-0.1, -0.05) is 0 Å². The molecule has 3 aromatic heterocycles. The molecule has 6 rings (SSSR count). The second-order valence-corrected chi connectivity index (χ2v) is 9.31. The van der Waals surface area contributed by atoms with Gasteiger partial charge in [-0.25, -0.2) is 18.4 Å². The van der Waals surface area contributed by atoms with E-state index in [-0.39, 0.29) is 29.0 Å². The molecule has 1 aromatic carbocycles. The van der Waals surface area contributed by atoms with Crippen molar-refractivity contribution in [1.29, 1.82) is 0 Å². The third-order valence-corrected chi connectivity index (χ3v) is 6.61. The fourth-order valence-electron chi connectivity index (χ4n) is 4.65. The molecule has 10 heteroatoms. The van der Waals surface area contributed by atoms with E-state index in [9.17, 15) is 13.6 Å². The predicted molar refractivity (Wildman–Crippen MR) is 126 cm³/mol. The van der Waals surface area contributed by atoms with E-state index < -0.39 is 11.6 Å². The number of fused-ring (bicyclic) bond motifs is 1. The van der Waals surface area contributed by atoms with E-state index in [0.717, 1.165) is 24.5 Å². The lowest BCUT2D eigenvalue weighted by Gasteiger charge is -2.37. The van der Waals surface area contributed by atoms with Gasteiger partial charge in [0.15, 0.2) is 0 Å². The zero-order chi connectivity index (χ0) is 24.3. The van der Waals surface area contributed by atoms with Crippen molar-refractivity contribution in [3.63, 3.8) is 0 Å². The first-order valence-corrected chi connectivity index (χ1v) is 11.6. The van der Waals surface area contributed by atoms with Gasteiger partial charge in [0.1, 0.15) is 23.6 Å². The Morgan fingerprint density at radius 3 is 2.66 bits per heavy atom. The van der Waals surface area contributed by atoms with Gasteiger partial charge in [-0.3, -0.25) is 9.48 Å². The van der Waals surface area contributed by atoms with E-state index in [1.807, 2.05) is 28.9 Å². The van der Waals surface area contributed by atoms with Crippen LogP contribution in [0.5, 0.6) is 0 Å². The standard InChI is InChI=1S/C25H24F2N6O2/c1-14-11-32(13-22(35-14)15-9-29-33(12-15)17-4-5-17)23-8-19-20(10-28-31(2)25(19)34)24(30-23)18-6-3-16(26)7-21(18)27/h3,6-10,12,14,17,22H,4-5,11,13H2,1-2H3/t14-,22+/m1/s1. The number of nitrogens with zero attached hydrogens (tertiary/aromatic N) is 6. The van der Waals surface area contributed by atoms with Crippen LogP contribution in [0.4, 0.5) is 14.6 Å². The van der Waals surface area contributed by atoms with Crippen LogP contribution in [-0.4, -0.2) is 43.7 Å². The molecule has 0 amide bonds. The van der Waals surface area contributed by atoms with Crippen LogP contribution in [0.2, 0.25) is 0 Å². The molecule has 1 saturated carbocycles. The second-order valence-electron chi connectivity index (χ2n) is 9.31. The summed E-state index contributed by atoms with van der Waals surface area (Å²) < 4.78 is 37.9. The van der Waals surface area contributed by atoms with Crippen LogP contribution in [0.15, 0.2) is 47.7 Å². The summed E-state index contributed by atoms with van der Waals surface area (Å²) in [4.78, 5) is 19.8. The molecule has 0 N–H and O–H groups in total. The van der Waals surface area contributed by atoms with Gasteiger partial charge in [0.25, 0.3) is 5.56 Å². The van der Waals surface area contributed by atoms with Crippen molar-refractivity contribution in [1.82, 2.24) is 24.5 Å². The molecule has 1 aliphatic carbocycles. The predicted octanol–water partition coefficient (Wildman–Crippen LogP) is 3.77. The molecule has 180 valence electrons. The van der Waals surface area contributed by atoms with Crippen molar-refractivity contribution in [2.75, 3.05) is 18.0 Å². The number of hydrogen-bond acceptors (Lipinski definition) is 6. The highest BCUT2D eigenvalue weighted by molar-refractivity contribution is 5.95. The Balaban J connectivity index is 1.45. The fourth-order valence-corrected chi connectivity index (χ4v) is 4.65. The van der Waals surface area contributed by atoms with Crippen LogP contribution in [0.3, 0.4) is 0 Å². The summed E-state index contributed by atoms with van der Waals surface area (Å²) in [6, 6.07) is 5.52. The third kappa shape index (κ3) is 3.97. The van der Waals surface area contributed by atoms with Crippen molar-refractivity contribution < 1.29 is 13.5 Å². The number of ether oxygens (including phenoxy) is 1. The van der Waals surface area contributed by atoms with E-state index in [4.69, 9.17) is 9.72 Å². The Bertz CT molecular complexity index is 1500. The molecule has 1 aliphatic heterocycles. The quantitative estimate of drug-likeness (QED) is 0.444. The summed E-state index contributed by atoms with van der Waals surface area (Å²) in [5.41, 5.74) is 1.02. The monoisotopic (exact) mass is 478 g/mol. The van der Waals surface area contributed by atoms with Gasteiger partial charge in [0.2, 0.25) is 0 Å². The van der Waals surface area contributed by atoms with Crippen LogP contribution in [0.25, 0.3) is 22.0 Å². The Morgan fingerprint density at radius 2 is 1.89 bits per heavy atom. The minimum Gasteiger partial charge on any atom is -0.367 e. The van der Waals surface area contributed by atoms with Crippen molar-refractivity contribution in [2.24, 2.45) is 7.05 Å². The van der Waals surface area contributed by atoms with Gasteiger partial charge in [-0.2, -0.15) is 10.2 Å². The summed E-state index contributed by atoms with van der Waals surface area (Å²) >= 11 is 0. The SMILES string of the molecule is C[C@@H]1CN(c2cc3c(=O)n(C)ncc3c(-c3ccc(F)cc3F)n2)C[C@@H](c2cnn(C3CC3)c2)O1. The van der Waals surface area contributed by atoms with Gasteiger partial charge >= 0.3 is 0 Å². The first kappa shape index (κ1) is 21.8. The molecule has 0 unspecified atom stereocenters. The van der Waals surface area contributed by atoms with Crippen molar-refractivity contribution in [3.8, 4) is 11.3 Å². The van der Waals surface area contributed by atoms with Gasteiger partial charge in [-0.05, 0) is 38.0 Å². The van der Waals surface area contributed by atoms with Gasteiger partial charge in [-0.15, -0.1) is 0 Å². The number of halogens is 2. The largest absolute Gasteiger partial charge is 0.367 e. The van der Waals surface area contributed by atoms with Crippen LogP contribution >= 0.6 is 0 Å². The molecule has 0 bridgehead atoms. The fraction of sp³-hybridized carbons (Fsp3) is 0.360. The number of aromatic nitrogens is 5. The Morgan fingerprint density at radius 1 is 1.06 bits per heavy atom. The van der Waals surface area contributed by atoms with Gasteiger partial charge < -0.3 is 9.64 Å². The smallest absolute Gasteiger partial charge is 0.274 e. The highest BCUT2D eigenvalue weighted by atomic mass is 19.1. The average molecular weight is 479 g/mol. The molecule has 1 saturated heterocycles. The molecule has 35 heavy (non-hydrogen) atoms. The van der Waals surface area contributed by atoms with Crippen molar-refractivity contribution in [2.45, 2.75) is 38.0 Å². The first-order valence-electron chi connectivity index (χ1n) is 11.6. The average Bonchev–Trinajstić information content (AvgIpc) is 3.57. The van der Waals surface area contributed by atoms with Gasteiger partial charge in [0, 0.05) is 42.4 Å². The Hall–Kier alpha value is -3.66. The van der Waals surface area contributed by atoms with E-state index in [1.54, 1.807) is 13.1 Å². The Labute approximate surface area is 199 Å². The van der Waals surface area contributed by atoms with Crippen molar-refractivity contribution >= 4 is 16.6 Å². The second kappa shape index (κ2) is 8.23. The van der Waals surface area contributed by atoms with Crippen LogP contribution in [0, 0.1) is 11.6 Å². The topological polar surface area (TPSA) is 78.1 Å². The number of anilines is 1. The van der Waals surface area contributed by atoms with Gasteiger partial charge in [0.05, 0.1) is 42.2 Å². The maximum absolute atomic E-state index is 14.8. The lowest BCUT2D eigenvalue weighted by Crippen LogP contribution is -2.43. The van der Waals surface area contributed by atoms with E-state index in [0.29, 0.717) is 35.7 Å². The molecule has 4 heterocycles. The number of aryl methyl sites for hydroxylation is 1. The number of morpholine rings is 1. The summed E-state index contributed by atoms with van der Waals surface area (Å²) in [5, 5.41) is 9.35. The minimum absolute atomic E-state index is 0.108. The summed E-state index contributed by atoms with van der Waals surface area (Å²) in [6.45, 7) is 3.02. The number of pyridine rings is 1. The minimum atomic E-state index is -0.752. The van der Waals surface area contributed by atoms with E-state index in [1.165, 1.54) is 23.0 Å². The first-order chi connectivity index (χ1) is 16.9. The molecule has 0 radical (unpaired) electrons. The zero-order valence-electron chi connectivity index (χ0n) is 19.4. The van der Waals surface area contributed by atoms with E-state index >= 15 is 0 Å². The summed E-state index contributed by atoms with van der Waals surface area (Å²) in [5.74, 6) is -0.913. The Kier molecular flexibility index (Phi) is 5.14. The molecule has 2 aliphatic rings. The van der Waals surface area contributed by atoms with E-state index in [2.05, 4.69) is 10.2 Å². The molecular formula is C25H24F2N6O2. The van der Waals surface area contributed by atoms with Crippen LogP contribution < -0.4 is 10.5 Å². The summed E-state index contributed by atoms with van der Waals surface area (Å²) in [6.07, 6.45) is 7.31. The lowest BCUT2D eigenvalue weighted by molar-refractivity contribution is -0.0176. The molecule has 8 nitrogen and oxygen atoms in total.